The lowest BCUT2D eigenvalue weighted by atomic mass is 10.1. The van der Waals surface area contributed by atoms with Gasteiger partial charge in [0, 0.05) is 0 Å². The molecule has 18 heavy (non-hydrogen) atoms. The molecule has 0 radical (unpaired) electrons. The fourth-order valence-corrected chi connectivity index (χ4v) is 1.83. The van der Waals surface area contributed by atoms with E-state index in [1.807, 2.05) is 0 Å². The molecule has 100 valence electrons. The highest BCUT2D eigenvalue weighted by atomic mass is 79.9. The first kappa shape index (κ1) is 14.8. The van der Waals surface area contributed by atoms with Gasteiger partial charge in [-0.05, 0) is 34.5 Å². The number of ether oxygens (including phenoxy) is 2. The molecule has 0 aliphatic rings. The van der Waals surface area contributed by atoms with Crippen LogP contribution in [-0.4, -0.2) is 24.7 Å². The van der Waals surface area contributed by atoms with Gasteiger partial charge in [0.1, 0.15) is 5.69 Å². The molecule has 0 aliphatic carbocycles. The minimum atomic E-state index is -2.73. The maximum atomic E-state index is 12.6. The van der Waals surface area contributed by atoms with Crippen LogP contribution in [0.25, 0.3) is 0 Å². The number of alkyl halides is 2. The Labute approximate surface area is 111 Å². The highest BCUT2D eigenvalue weighted by Crippen LogP contribution is 2.31. The van der Waals surface area contributed by atoms with E-state index in [1.54, 1.807) is 6.92 Å². The zero-order valence-electron chi connectivity index (χ0n) is 9.87. The molecule has 0 atom stereocenters. The lowest BCUT2D eigenvalue weighted by Gasteiger charge is -2.10. The minimum Gasteiger partial charge on any atom is -0.480 e. The first-order valence-electron chi connectivity index (χ1n) is 5.16. The second-order valence-corrected chi connectivity index (χ2v) is 4.10. The molecule has 0 fully saturated rings. The molecule has 0 unspecified atom stereocenters. The van der Waals surface area contributed by atoms with Crippen LogP contribution in [0.3, 0.4) is 0 Å². The van der Waals surface area contributed by atoms with Gasteiger partial charge >= 0.3 is 5.97 Å². The monoisotopic (exact) mass is 323 g/mol. The summed E-state index contributed by atoms with van der Waals surface area (Å²) in [7, 11) is 1.32. The van der Waals surface area contributed by atoms with Crippen molar-refractivity contribution in [2.75, 3.05) is 13.7 Å². The number of carbonyl (C=O) groups excluding carboxylic acids is 1. The first-order chi connectivity index (χ1) is 8.49. The molecule has 0 aromatic carbocycles. The summed E-state index contributed by atoms with van der Waals surface area (Å²) in [4.78, 5) is 15.0. The van der Waals surface area contributed by atoms with Crippen LogP contribution in [-0.2, 0) is 16.0 Å². The third kappa shape index (κ3) is 3.63. The van der Waals surface area contributed by atoms with E-state index in [9.17, 15) is 13.6 Å². The minimum absolute atomic E-state index is 0.0205. The number of nitrogens with zero attached hydrogens (tertiary/aromatic N) is 1. The van der Waals surface area contributed by atoms with E-state index in [1.165, 1.54) is 7.11 Å². The van der Waals surface area contributed by atoms with Crippen molar-refractivity contribution < 1.29 is 23.0 Å². The van der Waals surface area contributed by atoms with Gasteiger partial charge in [-0.1, -0.05) is 0 Å². The largest absolute Gasteiger partial charge is 0.480 e. The molecule has 0 saturated heterocycles. The van der Waals surface area contributed by atoms with Gasteiger partial charge in [-0.2, -0.15) is 0 Å². The Bertz CT molecular complexity index is 441. The standard InChI is InChI=1S/C11H12BrF2NO3/c1-3-18-8(16)5-6-4-7(10(13)14)15-11(17-2)9(6)12/h4,10H,3,5H2,1-2H3. The molecule has 4 nitrogen and oxygen atoms in total. The van der Waals surface area contributed by atoms with Gasteiger partial charge in [-0.25, -0.2) is 13.8 Å². The highest BCUT2D eigenvalue weighted by Gasteiger charge is 2.18. The molecular formula is C11H12BrF2NO3. The number of carbonyl (C=O) groups is 1. The summed E-state index contributed by atoms with van der Waals surface area (Å²) in [6.45, 7) is 1.91. The topological polar surface area (TPSA) is 48.4 Å². The van der Waals surface area contributed by atoms with Crippen LogP contribution in [0.1, 0.15) is 24.6 Å². The summed E-state index contributed by atoms with van der Waals surface area (Å²) in [5.74, 6) is -0.473. The third-order valence-electron chi connectivity index (χ3n) is 2.08. The Hall–Kier alpha value is -1.24. The Morgan fingerprint density at radius 1 is 1.56 bits per heavy atom. The first-order valence-corrected chi connectivity index (χ1v) is 5.96. The molecule has 0 N–H and O–H groups in total. The average molecular weight is 324 g/mol. The summed E-state index contributed by atoms with van der Waals surface area (Å²) in [5.41, 5.74) is -0.0788. The summed E-state index contributed by atoms with van der Waals surface area (Å²) >= 11 is 3.16. The lowest BCUT2D eigenvalue weighted by Crippen LogP contribution is -2.09. The number of esters is 1. The van der Waals surface area contributed by atoms with E-state index in [2.05, 4.69) is 20.9 Å². The molecule has 1 aromatic heterocycles. The summed E-state index contributed by atoms with van der Waals surface area (Å²) in [6, 6.07) is 1.16. The van der Waals surface area contributed by atoms with Crippen molar-refractivity contribution >= 4 is 21.9 Å². The number of hydrogen-bond donors (Lipinski definition) is 0. The maximum Gasteiger partial charge on any atom is 0.310 e. The van der Waals surface area contributed by atoms with E-state index in [0.29, 0.717) is 10.0 Å². The Kier molecular flexibility index (Phi) is 5.46. The Morgan fingerprint density at radius 2 is 2.22 bits per heavy atom. The van der Waals surface area contributed by atoms with Gasteiger partial charge in [0.25, 0.3) is 6.43 Å². The third-order valence-corrected chi connectivity index (χ3v) is 2.93. The number of pyridine rings is 1. The van der Waals surface area contributed by atoms with Crippen molar-refractivity contribution in [1.82, 2.24) is 4.98 Å². The van der Waals surface area contributed by atoms with E-state index in [-0.39, 0.29) is 18.9 Å². The summed E-state index contributed by atoms with van der Waals surface area (Å²) in [6.07, 6.45) is -2.85. The van der Waals surface area contributed by atoms with E-state index in [0.717, 1.165) is 6.07 Å². The van der Waals surface area contributed by atoms with Gasteiger partial charge in [0.2, 0.25) is 5.88 Å². The van der Waals surface area contributed by atoms with Crippen LogP contribution in [0.5, 0.6) is 5.88 Å². The number of halogens is 3. The normalized spacial score (nSPS) is 10.6. The summed E-state index contributed by atoms with van der Waals surface area (Å²) < 4.78 is 35.3. The fourth-order valence-electron chi connectivity index (χ4n) is 1.32. The van der Waals surface area contributed by atoms with Crippen molar-refractivity contribution in [3.63, 3.8) is 0 Å². The second kappa shape index (κ2) is 6.63. The smallest absolute Gasteiger partial charge is 0.310 e. The Balaban J connectivity index is 3.08. The molecule has 1 rings (SSSR count). The van der Waals surface area contributed by atoms with Crippen molar-refractivity contribution in [1.29, 1.82) is 0 Å². The SMILES string of the molecule is CCOC(=O)Cc1cc(C(F)F)nc(OC)c1Br. The van der Waals surface area contributed by atoms with Crippen molar-refractivity contribution in [3.05, 3.63) is 21.8 Å². The van der Waals surface area contributed by atoms with E-state index in [4.69, 9.17) is 9.47 Å². The molecule has 7 heteroatoms. The number of hydrogen-bond acceptors (Lipinski definition) is 4. The van der Waals surface area contributed by atoms with Gasteiger partial charge in [-0.15, -0.1) is 0 Å². The predicted octanol–water partition coefficient (Wildman–Crippen LogP) is 2.90. The summed E-state index contributed by atoms with van der Waals surface area (Å²) in [5, 5.41) is 0. The van der Waals surface area contributed by atoms with Gasteiger partial charge in [0.05, 0.1) is 24.6 Å². The van der Waals surface area contributed by atoms with Crippen molar-refractivity contribution in [3.8, 4) is 5.88 Å². The Morgan fingerprint density at radius 3 is 2.72 bits per heavy atom. The van der Waals surface area contributed by atoms with Crippen molar-refractivity contribution in [2.24, 2.45) is 0 Å². The van der Waals surface area contributed by atoms with Crippen LogP contribution in [0, 0.1) is 0 Å². The van der Waals surface area contributed by atoms with Crippen LogP contribution >= 0.6 is 15.9 Å². The lowest BCUT2D eigenvalue weighted by molar-refractivity contribution is -0.142. The molecule has 0 bridgehead atoms. The fraction of sp³-hybridized carbons (Fsp3) is 0.455. The molecule has 0 saturated carbocycles. The molecular weight excluding hydrogens is 312 g/mol. The van der Waals surface area contributed by atoms with E-state index >= 15 is 0 Å². The van der Waals surface area contributed by atoms with Crippen LogP contribution < -0.4 is 4.74 Å². The van der Waals surface area contributed by atoms with Gasteiger partial charge in [-0.3, -0.25) is 4.79 Å². The predicted molar refractivity (Wildman–Crippen MR) is 63.8 cm³/mol. The molecule has 1 aromatic rings. The van der Waals surface area contributed by atoms with Gasteiger partial charge in [0.15, 0.2) is 0 Å². The van der Waals surface area contributed by atoms with Crippen LogP contribution in [0.2, 0.25) is 0 Å². The van der Waals surface area contributed by atoms with Gasteiger partial charge < -0.3 is 9.47 Å². The van der Waals surface area contributed by atoms with Crippen molar-refractivity contribution in [2.45, 2.75) is 19.8 Å². The molecule has 0 amide bonds. The van der Waals surface area contributed by atoms with E-state index < -0.39 is 18.1 Å². The molecule has 0 aliphatic heterocycles. The molecule has 1 heterocycles. The zero-order valence-corrected chi connectivity index (χ0v) is 11.5. The van der Waals surface area contributed by atoms with Crippen LogP contribution in [0.4, 0.5) is 8.78 Å². The number of methoxy groups -OCH3 is 1. The zero-order chi connectivity index (χ0) is 13.7. The second-order valence-electron chi connectivity index (χ2n) is 3.31. The quantitative estimate of drug-likeness (QED) is 0.782. The highest BCUT2D eigenvalue weighted by molar-refractivity contribution is 9.10. The molecule has 0 spiro atoms. The average Bonchev–Trinajstić information content (AvgIpc) is 2.31. The maximum absolute atomic E-state index is 12.6. The van der Waals surface area contributed by atoms with Crippen LogP contribution in [0.15, 0.2) is 10.5 Å². The number of rotatable bonds is 5. The number of aromatic nitrogens is 1.